The van der Waals surface area contributed by atoms with Crippen molar-refractivity contribution in [1.29, 1.82) is 0 Å². The zero-order valence-electron chi connectivity index (χ0n) is 13.1. The number of carboxylic acids is 1. The average Bonchev–Trinajstić information content (AvgIpc) is 2.82. The number of aromatic nitrogens is 1. The summed E-state index contributed by atoms with van der Waals surface area (Å²) in [5.74, 6) is 0.106. The quantitative estimate of drug-likeness (QED) is 0.845. The normalized spacial score (nSPS) is 23.0. The van der Waals surface area contributed by atoms with Crippen molar-refractivity contribution in [1.82, 2.24) is 10.1 Å². The minimum absolute atomic E-state index is 0.561. The van der Waals surface area contributed by atoms with Gasteiger partial charge in [-0.15, -0.1) is 0 Å². The van der Waals surface area contributed by atoms with Crippen LogP contribution in [0.3, 0.4) is 0 Å². The van der Waals surface area contributed by atoms with E-state index in [0.717, 1.165) is 30.8 Å². The van der Waals surface area contributed by atoms with E-state index in [1.165, 1.54) is 5.57 Å². The van der Waals surface area contributed by atoms with Gasteiger partial charge >= 0.3 is 5.97 Å². The highest BCUT2D eigenvalue weighted by molar-refractivity contribution is 5.75. The highest BCUT2D eigenvalue weighted by Crippen LogP contribution is 2.35. The summed E-state index contributed by atoms with van der Waals surface area (Å²) in [6.07, 6.45) is 4.26. The maximum atomic E-state index is 11.8. The van der Waals surface area contributed by atoms with E-state index in [-0.39, 0.29) is 0 Å². The molecule has 0 saturated carbocycles. The molecule has 1 unspecified atom stereocenters. The van der Waals surface area contributed by atoms with Gasteiger partial charge in [0.25, 0.3) is 0 Å². The van der Waals surface area contributed by atoms with E-state index in [4.69, 9.17) is 4.52 Å². The van der Waals surface area contributed by atoms with E-state index < -0.39 is 11.4 Å². The number of aliphatic carboxylic acids is 1. The third-order valence-corrected chi connectivity index (χ3v) is 4.07. The van der Waals surface area contributed by atoms with Crippen LogP contribution in [0.5, 0.6) is 0 Å². The predicted molar refractivity (Wildman–Crippen MR) is 79.9 cm³/mol. The smallest absolute Gasteiger partial charge is 0.311 e. The molecule has 5 nitrogen and oxygen atoms in total. The monoisotopic (exact) mass is 292 g/mol. The molecule has 0 bridgehead atoms. The molecule has 116 valence electrons. The van der Waals surface area contributed by atoms with Crippen molar-refractivity contribution in [3.63, 3.8) is 0 Å². The summed E-state index contributed by atoms with van der Waals surface area (Å²) < 4.78 is 5.24. The molecule has 0 aliphatic carbocycles. The van der Waals surface area contributed by atoms with Gasteiger partial charge in [0.1, 0.15) is 0 Å². The first-order chi connectivity index (χ1) is 9.91. The van der Waals surface area contributed by atoms with Crippen molar-refractivity contribution in [2.75, 3.05) is 13.1 Å². The highest BCUT2D eigenvalue weighted by Gasteiger charge is 2.41. The first kappa shape index (κ1) is 15.8. The van der Waals surface area contributed by atoms with Crippen LogP contribution in [0.15, 0.2) is 22.2 Å². The first-order valence-electron chi connectivity index (χ1n) is 7.43. The second kappa shape index (κ2) is 6.43. The molecule has 1 atom stereocenters. The van der Waals surface area contributed by atoms with Crippen LogP contribution < -0.4 is 0 Å². The minimum Gasteiger partial charge on any atom is -0.481 e. The summed E-state index contributed by atoms with van der Waals surface area (Å²) in [5, 5.41) is 13.6. The molecule has 5 heteroatoms. The number of hydrogen-bond donors (Lipinski definition) is 1. The maximum absolute atomic E-state index is 11.8. The molecule has 1 aliphatic heterocycles. The molecular weight excluding hydrogens is 268 g/mol. The molecule has 0 spiro atoms. The predicted octanol–water partition coefficient (Wildman–Crippen LogP) is 3.01. The van der Waals surface area contributed by atoms with Gasteiger partial charge in [0.05, 0.1) is 17.7 Å². The van der Waals surface area contributed by atoms with Crippen LogP contribution >= 0.6 is 0 Å². The Morgan fingerprint density at radius 1 is 1.57 bits per heavy atom. The van der Waals surface area contributed by atoms with Crippen molar-refractivity contribution in [3.8, 4) is 0 Å². The Morgan fingerprint density at radius 2 is 2.33 bits per heavy atom. The van der Waals surface area contributed by atoms with Gasteiger partial charge in [0.15, 0.2) is 5.76 Å². The second-order valence-corrected chi connectivity index (χ2v) is 6.32. The fraction of sp³-hybridized carbons (Fsp3) is 0.625. The molecule has 1 N–H and O–H groups in total. The third-order valence-electron chi connectivity index (χ3n) is 4.07. The molecule has 2 rings (SSSR count). The van der Waals surface area contributed by atoms with Crippen LogP contribution in [0.2, 0.25) is 0 Å². The van der Waals surface area contributed by atoms with Crippen molar-refractivity contribution in [3.05, 3.63) is 29.2 Å². The molecule has 21 heavy (non-hydrogen) atoms. The SMILES string of the molecule is CC(C)=CCC1(C(=O)O)CCCN(Cc2cc(C)no2)C1. The van der Waals surface area contributed by atoms with Crippen molar-refractivity contribution < 1.29 is 14.4 Å². The number of piperidine rings is 1. The van der Waals surface area contributed by atoms with Crippen LogP contribution in [-0.2, 0) is 11.3 Å². The fourth-order valence-corrected chi connectivity index (χ4v) is 2.90. The number of rotatable bonds is 5. The largest absolute Gasteiger partial charge is 0.481 e. The van der Waals surface area contributed by atoms with E-state index in [9.17, 15) is 9.90 Å². The van der Waals surface area contributed by atoms with Gasteiger partial charge in [0.2, 0.25) is 0 Å². The Bertz CT molecular complexity index is 531. The Kier molecular flexibility index (Phi) is 4.83. The van der Waals surface area contributed by atoms with Gasteiger partial charge < -0.3 is 9.63 Å². The van der Waals surface area contributed by atoms with E-state index in [1.54, 1.807) is 0 Å². The summed E-state index contributed by atoms with van der Waals surface area (Å²) in [7, 11) is 0. The Morgan fingerprint density at radius 3 is 2.90 bits per heavy atom. The number of nitrogens with zero attached hydrogens (tertiary/aromatic N) is 2. The molecule has 0 aromatic carbocycles. The molecular formula is C16H24N2O3. The number of likely N-dealkylation sites (tertiary alicyclic amines) is 1. The lowest BCUT2D eigenvalue weighted by Gasteiger charge is -2.39. The van der Waals surface area contributed by atoms with Gasteiger partial charge in [-0.3, -0.25) is 9.69 Å². The van der Waals surface area contributed by atoms with Gasteiger partial charge in [-0.05, 0) is 46.6 Å². The lowest BCUT2D eigenvalue weighted by Crippen LogP contribution is -2.47. The summed E-state index contributed by atoms with van der Waals surface area (Å²) in [6.45, 7) is 8.00. The van der Waals surface area contributed by atoms with Crippen molar-refractivity contribution in [2.24, 2.45) is 5.41 Å². The maximum Gasteiger partial charge on any atom is 0.311 e. The summed E-state index contributed by atoms with van der Waals surface area (Å²) >= 11 is 0. The second-order valence-electron chi connectivity index (χ2n) is 6.32. The molecule has 0 amide bonds. The van der Waals surface area contributed by atoms with E-state index >= 15 is 0 Å². The average molecular weight is 292 g/mol. The minimum atomic E-state index is -0.696. The molecule has 1 aromatic heterocycles. The van der Waals surface area contributed by atoms with Crippen LogP contribution in [0.1, 0.15) is 44.6 Å². The Balaban J connectivity index is 2.09. The number of allylic oxidation sites excluding steroid dienone is 2. The fourth-order valence-electron chi connectivity index (χ4n) is 2.90. The summed E-state index contributed by atoms with van der Waals surface area (Å²) in [5.41, 5.74) is 1.35. The summed E-state index contributed by atoms with van der Waals surface area (Å²) in [4.78, 5) is 14.0. The van der Waals surface area contributed by atoms with E-state index in [1.807, 2.05) is 32.9 Å². The van der Waals surface area contributed by atoms with E-state index in [0.29, 0.717) is 19.5 Å². The molecule has 2 heterocycles. The Hall–Kier alpha value is -1.62. The van der Waals surface area contributed by atoms with Crippen LogP contribution in [-0.4, -0.2) is 34.2 Å². The van der Waals surface area contributed by atoms with E-state index in [2.05, 4.69) is 10.1 Å². The standard InChI is InChI=1S/C16H24N2O3/c1-12(2)5-7-16(15(19)20)6-4-8-18(11-16)10-14-9-13(3)17-21-14/h5,9H,4,6-8,10-11H2,1-3H3,(H,19,20). The Labute approximate surface area is 125 Å². The van der Waals surface area contributed by atoms with Crippen molar-refractivity contribution in [2.45, 2.75) is 46.6 Å². The summed E-state index contributed by atoms with van der Waals surface area (Å²) in [6, 6.07) is 1.91. The first-order valence-corrected chi connectivity index (χ1v) is 7.43. The number of aryl methyl sites for hydroxylation is 1. The molecule has 1 aliphatic rings. The van der Waals surface area contributed by atoms with Gasteiger partial charge in [-0.25, -0.2) is 0 Å². The van der Waals surface area contributed by atoms with Gasteiger partial charge in [-0.2, -0.15) is 0 Å². The third kappa shape index (κ3) is 3.94. The topological polar surface area (TPSA) is 66.6 Å². The number of hydrogen-bond acceptors (Lipinski definition) is 4. The zero-order chi connectivity index (χ0) is 15.5. The molecule has 1 saturated heterocycles. The lowest BCUT2D eigenvalue weighted by atomic mass is 9.76. The number of carboxylic acid groups (broad SMARTS) is 1. The lowest BCUT2D eigenvalue weighted by molar-refractivity contribution is -0.152. The molecule has 1 fully saturated rings. The van der Waals surface area contributed by atoms with Crippen LogP contribution in [0, 0.1) is 12.3 Å². The van der Waals surface area contributed by atoms with Crippen LogP contribution in [0.25, 0.3) is 0 Å². The van der Waals surface area contributed by atoms with Crippen molar-refractivity contribution >= 4 is 5.97 Å². The number of carbonyl (C=O) groups is 1. The highest BCUT2D eigenvalue weighted by atomic mass is 16.5. The molecule has 1 aromatic rings. The zero-order valence-corrected chi connectivity index (χ0v) is 13.1. The molecule has 0 radical (unpaired) electrons. The van der Waals surface area contributed by atoms with Gasteiger partial charge in [0, 0.05) is 12.6 Å². The van der Waals surface area contributed by atoms with Crippen LogP contribution in [0.4, 0.5) is 0 Å². The van der Waals surface area contributed by atoms with Gasteiger partial charge in [-0.1, -0.05) is 16.8 Å².